The fourth-order valence-electron chi connectivity index (χ4n) is 2.63. The van der Waals surface area contributed by atoms with Crippen molar-refractivity contribution in [1.82, 2.24) is 0 Å². The first-order chi connectivity index (χ1) is 9.94. The van der Waals surface area contributed by atoms with Crippen LogP contribution >= 0.6 is 0 Å². The van der Waals surface area contributed by atoms with Crippen molar-refractivity contribution in [2.24, 2.45) is 11.7 Å². The molecule has 0 heterocycles. The number of amides is 1. The number of nitrogens with one attached hydrogen (secondary N) is 1. The van der Waals surface area contributed by atoms with Crippen LogP contribution in [-0.2, 0) is 14.6 Å². The molecular formula is C15H22N2O3S. The summed E-state index contributed by atoms with van der Waals surface area (Å²) in [6.45, 7) is 1.61. The molecule has 1 aromatic carbocycles. The fourth-order valence-corrected chi connectivity index (χ4v) is 3.52. The molecule has 1 saturated carbocycles. The zero-order valence-electron chi connectivity index (χ0n) is 12.2. The summed E-state index contributed by atoms with van der Waals surface area (Å²) in [5, 5.41) is 2.82. The van der Waals surface area contributed by atoms with Crippen LogP contribution in [0.25, 0.3) is 0 Å². The van der Waals surface area contributed by atoms with Crippen molar-refractivity contribution in [2.45, 2.75) is 43.5 Å². The van der Waals surface area contributed by atoms with E-state index < -0.39 is 9.84 Å². The van der Waals surface area contributed by atoms with Crippen molar-refractivity contribution in [2.75, 3.05) is 11.1 Å². The van der Waals surface area contributed by atoms with Crippen LogP contribution in [0, 0.1) is 5.92 Å². The lowest BCUT2D eigenvalue weighted by Crippen LogP contribution is -2.40. The largest absolute Gasteiger partial charge is 0.327 e. The number of hydrogen-bond donors (Lipinski definition) is 2. The predicted octanol–water partition coefficient (Wildman–Crippen LogP) is 1.94. The van der Waals surface area contributed by atoms with Gasteiger partial charge in [-0.25, -0.2) is 8.42 Å². The van der Waals surface area contributed by atoms with Gasteiger partial charge in [-0.05, 0) is 37.1 Å². The van der Waals surface area contributed by atoms with Crippen LogP contribution in [0.1, 0.15) is 32.6 Å². The van der Waals surface area contributed by atoms with E-state index >= 15 is 0 Å². The Kier molecular flexibility index (Phi) is 5.00. The van der Waals surface area contributed by atoms with Gasteiger partial charge in [-0.1, -0.05) is 19.8 Å². The van der Waals surface area contributed by atoms with Gasteiger partial charge in [-0.15, -0.1) is 0 Å². The Morgan fingerprint density at radius 1 is 1.24 bits per heavy atom. The minimum absolute atomic E-state index is 0.0651. The monoisotopic (exact) mass is 310 g/mol. The first-order valence-electron chi connectivity index (χ1n) is 7.33. The average molecular weight is 310 g/mol. The minimum atomic E-state index is -3.21. The molecule has 0 aliphatic heterocycles. The van der Waals surface area contributed by atoms with E-state index in [9.17, 15) is 13.2 Å². The molecule has 21 heavy (non-hydrogen) atoms. The van der Waals surface area contributed by atoms with Crippen LogP contribution in [0.3, 0.4) is 0 Å². The summed E-state index contributed by atoms with van der Waals surface area (Å²) in [6, 6.07) is 6.20. The molecule has 1 aromatic rings. The number of benzene rings is 1. The van der Waals surface area contributed by atoms with Crippen LogP contribution in [0.15, 0.2) is 29.2 Å². The minimum Gasteiger partial charge on any atom is -0.327 e. The molecule has 1 amide bonds. The summed E-state index contributed by atoms with van der Waals surface area (Å²) in [4.78, 5) is 12.5. The lowest BCUT2D eigenvalue weighted by molar-refractivity contribution is -0.121. The van der Waals surface area contributed by atoms with E-state index in [0.717, 1.165) is 25.7 Å². The van der Waals surface area contributed by atoms with Gasteiger partial charge in [-0.2, -0.15) is 0 Å². The van der Waals surface area contributed by atoms with E-state index in [4.69, 9.17) is 5.73 Å². The van der Waals surface area contributed by atoms with Gasteiger partial charge in [-0.3, -0.25) is 4.79 Å². The van der Waals surface area contributed by atoms with Crippen LogP contribution in [-0.4, -0.2) is 26.1 Å². The van der Waals surface area contributed by atoms with Gasteiger partial charge < -0.3 is 11.1 Å². The van der Waals surface area contributed by atoms with E-state index in [1.165, 1.54) is 12.1 Å². The lowest BCUT2D eigenvalue weighted by Gasteiger charge is -2.27. The fraction of sp³-hybridized carbons (Fsp3) is 0.533. The quantitative estimate of drug-likeness (QED) is 0.889. The molecular weight excluding hydrogens is 288 g/mol. The van der Waals surface area contributed by atoms with E-state index in [1.807, 2.05) is 0 Å². The molecule has 3 N–H and O–H groups in total. The number of nitrogens with two attached hydrogens (primary N) is 1. The Hall–Kier alpha value is -1.40. The van der Waals surface area contributed by atoms with Gasteiger partial charge in [0.15, 0.2) is 9.84 Å². The van der Waals surface area contributed by atoms with Crippen molar-refractivity contribution in [3.8, 4) is 0 Å². The standard InChI is InChI=1S/C15H22N2O3S/c1-2-21(19,20)12-9-7-11(8-10-12)17-15(18)13-5-3-4-6-14(13)16/h7-10,13-14H,2-6,16H2,1H3,(H,17,18). The summed E-state index contributed by atoms with van der Waals surface area (Å²) in [5.41, 5.74) is 6.60. The number of anilines is 1. The second kappa shape index (κ2) is 6.58. The Balaban J connectivity index is 2.05. The summed E-state index contributed by atoms with van der Waals surface area (Å²) < 4.78 is 23.4. The van der Waals surface area contributed by atoms with Crippen LogP contribution < -0.4 is 11.1 Å². The third kappa shape index (κ3) is 3.83. The lowest BCUT2D eigenvalue weighted by atomic mass is 9.84. The molecule has 6 heteroatoms. The first-order valence-corrected chi connectivity index (χ1v) is 8.98. The number of rotatable bonds is 4. The van der Waals surface area contributed by atoms with E-state index in [1.54, 1.807) is 19.1 Å². The van der Waals surface area contributed by atoms with Crippen LogP contribution in [0.4, 0.5) is 5.69 Å². The second-order valence-corrected chi connectivity index (χ2v) is 7.75. The topological polar surface area (TPSA) is 89.3 Å². The van der Waals surface area contributed by atoms with E-state index in [2.05, 4.69) is 5.32 Å². The van der Waals surface area contributed by atoms with E-state index in [-0.39, 0.29) is 28.5 Å². The van der Waals surface area contributed by atoms with Crippen molar-refractivity contribution in [3.63, 3.8) is 0 Å². The van der Waals surface area contributed by atoms with Gasteiger partial charge in [0, 0.05) is 11.7 Å². The Morgan fingerprint density at radius 2 is 1.86 bits per heavy atom. The highest BCUT2D eigenvalue weighted by molar-refractivity contribution is 7.91. The molecule has 0 saturated heterocycles. The molecule has 5 nitrogen and oxygen atoms in total. The SMILES string of the molecule is CCS(=O)(=O)c1ccc(NC(=O)C2CCCCC2N)cc1. The maximum Gasteiger partial charge on any atom is 0.229 e. The molecule has 2 rings (SSSR count). The number of sulfone groups is 1. The zero-order valence-corrected chi connectivity index (χ0v) is 13.0. The number of hydrogen-bond acceptors (Lipinski definition) is 4. The van der Waals surface area contributed by atoms with Crippen LogP contribution in [0.5, 0.6) is 0 Å². The van der Waals surface area contributed by atoms with Crippen molar-refractivity contribution >= 4 is 21.4 Å². The normalized spacial score (nSPS) is 22.8. The molecule has 1 fully saturated rings. The van der Waals surface area contributed by atoms with Gasteiger partial charge in [0.1, 0.15) is 0 Å². The number of carbonyl (C=O) groups excluding carboxylic acids is 1. The molecule has 0 radical (unpaired) electrons. The highest BCUT2D eigenvalue weighted by Gasteiger charge is 2.28. The third-order valence-corrected chi connectivity index (χ3v) is 5.77. The van der Waals surface area contributed by atoms with Crippen LogP contribution in [0.2, 0.25) is 0 Å². The smallest absolute Gasteiger partial charge is 0.229 e. The van der Waals surface area contributed by atoms with Crippen molar-refractivity contribution in [1.29, 1.82) is 0 Å². The Bertz CT molecular complexity index is 596. The molecule has 116 valence electrons. The van der Waals surface area contributed by atoms with Gasteiger partial charge in [0.25, 0.3) is 0 Å². The van der Waals surface area contributed by atoms with Crippen molar-refractivity contribution < 1.29 is 13.2 Å². The molecule has 1 aliphatic rings. The summed E-state index contributed by atoms with van der Waals surface area (Å²) >= 11 is 0. The molecule has 0 bridgehead atoms. The molecule has 2 atom stereocenters. The van der Waals surface area contributed by atoms with E-state index in [0.29, 0.717) is 5.69 Å². The molecule has 0 spiro atoms. The van der Waals surface area contributed by atoms with Gasteiger partial charge >= 0.3 is 0 Å². The van der Waals surface area contributed by atoms with Gasteiger partial charge in [0.05, 0.1) is 16.6 Å². The third-order valence-electron chi connectivity index (χ3n) is 4.02. The zero-order chi connectivity index (χ0) is 15.5. The number of carbonyl (C=O) groups is 1. The second-order valence-electron chi connectivity index (χ2n) is 5.47. The maximum atomic E-state index is 12.2. The molecule has 0 aromatic heterocycles. The Labute approximate surface area is 125 Å². The average Bonchev–Trinajstić information content (AvgIpc) is 2.48. The highest BCUT2D eigenvalue weighted by Crippen LogP contribution is 2.24. The first kappa shape index (κ1) is 16.0. The molecule has 1 aliphatic carbocycles. The maximum absolute atomic E-state index is 12.2. The summed E-state index contributed by atoms with van der Waals surface area (Å²) in [5.74, 6) is -0.165. The summed E-state index contributed by atoms with van der Waals surface area (Å²) in [7, 11) is -3.21. The predicted molar refractivity (Wildman–Crippen MR) is 82.7 cm³/mol. The van der Waals surface area contributed by atoms with Gasteiger partial charge in [0.2, 0.25) is 5.91 Å². The Morgan fingerprint density at radius 3 is 2.43 bits per heavy atom. The molecule has 2 unspecified atom stereocenters. The summed E-state index contributed by atoms with van der Waals surface area (Å²) in [6.07, 6.45) is 3.80. The van der Waals surface area contributed by atoms with Crippen molar-refractivity contribution in [3.05, 3.63) is 24.3 Å². The highest BCUT2D eigenvalue weighted by atomic mass is 32.2.